The summed E-state index contributed by atoms with van der Waals surface area (Å²) in [6, 6.07) is 18.0. The van der Waals surface area contributed by atoms with Gasteiger partial charge in [0.05, 0.1) is 10.7 Å². The molecule has 1 heterocycles. The van der Waals surface area contributed by atoms with Gasteiger partial charge in [-0.2, -0.15) is 0 Å². The van der Waals surface area contributed by atoms with E-state index in [1.165, 1.54) is 0 Å². The van der Waals surface area contributed by atoms with Crippen LogP contribution in [0.5, 0.6) is 0 Å². The third kappa shape index (κ3) is 4.70. The topological polar surface area (TPSA) is 54.9 Å². The molecule has 3 aromatic rings. The first-order valence-electron chi connectivity index (χ1n) is 8.50. The van der Waals surface area contributed by atoms with Gasteiger partial charge in [0, 0.05) is 23.4 Å². The SMILES string of the molecule is Cc1cccc(C)c1NC(=O)CCSc1cc(-c2ccccc2)ncn1. The fraction of sp³-hybridized carbons (Fsp3) is 0.190. The maximum absolute atomic E-state index is 12.2. The molecule has 1 aromatic heterocycles. The van der Waals surface area contributed by atoms with E-state index in [4.69, 9.17) is 0 Å². The molecule has 132 valence electrons. The molecule has 0 aliphatic heterocycles. The third-order valence-electron chi connectivity index (χ3n) is 4.04. The lowest BCUT2D eigenvalue weighted by atomic mass is 10.1. The van der Waals surface area contributed by atoms with Crippen molar-refractivity contribution in [3.05, 3.63) is 72.1 Å². The van der Waals surface area contributed by atoms with Crippen LogP contribution in [0.25, 0.3) is 11.3 Å². The number of thioether (sulfide) groups is 1. The summed E-state index contributed by atoms with van der Waals surface area (Å²) in [5.41, 5.74) is 5.02. The summed E-state index contributed by atoms with van der Waals surface area (Å²) in [4.78, 5) is 20.9. The maximum atomic E-state index is 12.2. The molecular formula is C21H21N3OS. The Labute approximate surface area is 158 Å². The first kappa shape index (κ1) is 18.1. The van der Waals surface area contributed by atoms with Crippen molar-refractivity contribution in [2.45, 2.75) is 25.3 Å². The zero-order valence-electron chi connectivity index (χ0n) is 14.9. The van der Waals surface area contributed by atoms with Crippen LogP contribution in [-0.4, -0.2) is 21.6 Å². The number of rotatable bonds is 6. The van der Waals surface area contributed by atoms with Crippen LogP contribution in [0, 0.1) is 13.8 Å². The van der Waals surface area contributed by atoms with Gasteiger partial charge in [0.25, 0.3) is 0 Å². The number of aromatic nitrogens is 2. The van der Waals surface area contributed by atoms with Crippen LogP contribution in [0.2, 0.25) is 0 Å². The fourth-order valence-corrected chi connectivity index (χ4v) is 3.46. The maximum Gasteiger partial charge on any atom is 0.225 e. The average Bonchev–Trinajstić information content (AvgIpc) is 2.66. The van der Waals surface area contributed by atoms with Gasteiger partial charge in [0.15, 0.2) is 0 Å². The quantitative estimate of drug-likeness (QED) is 0.501. The van der Waals surface area contributed by atoms with E-state index in [1.807, 2.05) is 68.4 Å². The molecule has 0 saturated carbocycles. The second-order valence-electron chi connectivity index (χ2n) is 6.02. The highest BCUT2D eigenvalue weighted by Gasteiger charge is 2.08. The molecule has 0 bridgehead atoms. The number of hydrogen-bond acceptors (Lipinski definition) is 4. The lowest BCUT2D eigenvalue weighted by Crippen LogP contribution is -2.14. The minimum atomic E-state index is 0.0206. The minimum Gasteiger partial charge on any atom is -0.326 e. The molecule has 0 atom stereocenters. The molecule has 1 N–H and O–H groups in total. The van der Waals surface area contributed by atoms with E-state index in [9.17, 15) is 4.79 Å². The molecule has 0 saturated heterocycles. The molecular weight excluding hydrogens is 342 g/mol. The van der Waals surface area contributed by atoms with Crippen molar-refractivity contribution in [2.24, 2.45) is 0 Å². The summed E-state index contributed by atoms with van der Waals surface area (Å²) >= 11 is 1.56. The summed E-state index contributed by atoms with van der Waals surface area (Å²) in [5, 5.41) is 3.89. The van der Waals surface area contributed by atoms with E-state index in [0.29, 0.717) is 12.2 Å². The number of carbonyl (C=O) groups excluding carboxylic acids is 1. The Morgan fingerprint density at radius 3 is 2.46 bits per heavy atom. The summed E-state index contributed by atoms with van der Waals surface area (Å²) < 4.78 is 0. The van der Waals surface area contributed by atoms with Crippen LogP contribution in [0.3, 0.4) is 0 Å². The van der Waals surface area contributed by atoms with E-state index in [-0.39, 0.29) is 5.91 Å². The molecule has 5 heteroatoms. The van der Waals surface area contributed by atoms with Crippen molar-refractivity contribution in [1.29, 1.82) is 0 Å². The lowest BCUT2D eigenvalue weighted by molar-refractivity contribution is -0.115. The number of benzene rings is 2. The van der Waals surface area contributed by atoms with Gasteiger partial charge in [-0.25, -0.2) is 9.97 Å². The van der Waals surface area contributed by atoms with Crippen LogP contribution < -0.4 is 5.32 Å². The molecule has 0 aliphatic carbocycles. The van der Waals surface area contributed by atoms with Crippen molar-refractivity contribution in [1.82, 2.24) is 9.97 Å². The number of anilines is 1. The molecule has 4 nitrogen and oxygen atoms in total. The van der Waals surface area contributed by atoms with Gasteiger partial charge in [-0.1, -0.05) is 48.5 Å². The number of nitrogens with zero attached hydrogens (tertiary/aromatic N) is 2. The number of para-hydroxylation sites is 1. The van der Waals surface area contributed by atoms with E-state index < -0.39 is 0 Å². The molecule has 0 spiro atoms. The summed E-state index contributed by atoms with van der Waals surface area (Å²) in [6.45, 7) is 4.01. The zero-order valence-corrected chi connectivity index (χ0v) is 15.7. The Morgan fingerprint density at radius 1 is 1.00 bits per heavy atom. The highest BCUT2D eigenvalue weighted by atomic mass is 32.2. The van der Waals surface area contributed by atoms with Gasteiger partial charge in [0.2, 0.25) is 5.91 Å². The molecule has 1 amide bonds. The Morgan fingerprint density at radius 2 is 1.73 bits per heavy atom. The van der Waals surface area contributed by atoms with E-state index in [1.54, 1.807) is 18.1 Å². The minimum absolute atomic E-state index is 0.0206. The van der Waals surface area contributed by atoms with Crippen molar-refractivity contribution in [2.75, 3.05) is 11.1 Å². The summed E-state index contributed by atoms with van der Waals surface area (Å²) in [7, 11) is 0. The van der Waals surface area contributed by atoms with Crippen LogP contribution in [0.1, 0.15) is 17.5 Å². The number of carbonyl (C=O) groups is 1. The standard InChI is InChI=1S/C21H21N3OS/c1-15-7-6-8-16(2)21(15)24-19(25)11-12-26-20-13-18(22-14-23-20)17-9-4-3-5-10-17/h3-10,13-14H,11-12H2,1-2H3,(H,24,25). The average molecular weight is 363 g/mol. The number of nitrogens with one attached hydrogen (secondary N) is 1. The van der Waals surface area contributed by atoms with Crippen LogP contribution in [0.15, 0.2) is 66.0 Å². The number of amides is 1. The lowest BCUT2D eigenvalue weighted by Gasteiger charge is -2.11. The number of hydrogen-bond donors (Lipinski definition) is 1. The Hall–Kier alpha value is -2.66. The van der Waals surface area contributed by atoms with Crippen molar-refractivity contribution >= 4 is 23.4 Å². The monoisotopic (exact) mass is 363 g/mol. The van der Waals surface area contributed by atoms with Crippen LogP contribution >= 0.6 is 11.8 Å². The van der Waals surface area contributed by atoms with E-state index in [0.717, 1.165) is 33.1 Å². The predicted molar refractivity (Wildman–Crippen MR) is 107 cm³/mol. The summed E-state index contributed by atoms with van der Waals surface area (Å²) in [5.74, 6) is 0.689. The Kier molecular flexibility index (Phi) is 6.02. The molecule has 0 aliphatic rings. The molecule has 26 heavy (non-hydrogen) atoms. The van der Waals surface area contributed by atoms with Crippen molar-refractivity contribution in [3.8, 4) is 11.3 Å². The third-order valence-corrected chi connectivity index (χ3v) is 4.96. The first-order valence-corrected chi connectivity index (χ1v) is 9.48. The Balaban J connectivity index is 1.56. The molecule has 0 fully saturated rings. The first-order chi connectivity index (χ1) is 12.6. The second kappa shape index (κ2) is 8.63. The van der Waals surface area contributed by atoms with Crippen molar-refractivity contribution in [3.63, 3.8) is 0 Å². The predicted octanol–water partition coefficient (Wildman–Crippen LogP) is 4.88. The second-order valence-corrected chi connectivity index (χ2v) is 7.14. The van der Waals surface area contributed by atoms with Crippen LogP contribution in [-0.2, 0) is 4.79 Å². The molecule has 0 unspecified atom stereocenters. The molecule has 2 aromatic carbocycles. The van der Waals surface area contributed by atoms with E-state index >= 15 is 0 Å². The summed E-state index contributed by atoms with van der Waals surface area (Å²) in [6.07, 6.45) is 2.00. The highest BCUT2D eigenvalue weighted by molar-refractivity contribution is 7.99. The molecule has 3 rings (SSSR count). The van der Waals surface area contributed by atoms with Gasteiger partial charge >= 0.3 is 0 Å². The Bertz CT molecular complexity index is 877. The highest BCUT2D eigenvalue weighted by Crippen LogP contribution is 2.23. The van der Waals surface area contributed by atoms with Crippen molar-refractivity contribution < 1.29 is 4.79 Å². The fourth-order valence-electron chi connectivity index (χ4n) is 2.65. The van der Waals surface area contributed by atoms with Gasteiger partial charge in [-0.3, -0.25) is 4.79 Å². The smallest absolute Gasteiger partial charge is 0.225 e. The van der Waals surface area contributed by atoms with Gasteiger partial charge in [-0.05, 0) is 31.0 Å². The van der Waals surface area contributed by atoms with Crippen LogP contribution in [0.4, 0.5) is 5.69 Å². The van der Waals surface area contributed by atoms with E-state index in [2.05, 4.69) is 15.3 Å². The van der Waals surface area contributed by atoms with Gasteiger partial charge < -0.3 is 5.32 Å². The van der Waals surface area contributed by atoms with Gasteiger partial charge in [-0.15, -0.1) is 11.8 Å². The largest absolute Gasteiger partial charge is 0.326 e. The number of aryl methyl sites for hydroxylation is 2. The molecule has 0 radical (unpaired) electrons. The van der Waals surface area contributed by atoms with Gasteiger partial charge in [0.1, 0.15) is 6.33 Å². The zero-order chi connectivity index (χ0) is 18.4. The normalized spacial score (nSPS) is 10.5.